The average molecular weight is 258 g/mol. The van der Waals surface area contributed by atoms with E-state index in [1.165, 1.54) is 6.33 Å². The van der Waals surface area contributed by atoms with E-state index in [0.29, 0.717) is 18.8 Å². The Morgan fingerprint density at radius 1 is 1.53 bits per heavy atom. The molecule has 5 nitrogen and oxygen atoms in total. The monoisotopic (exact) mass is 257 g/mol. The van der Waals surface area contributed by atoms with Crippen LogP contribution in [0.4, 0.5) is 5.82 Å². The molecule has 0 spiro atoms. The van der Waals surface area contributed by atoms with Crippen molar-refractivity contribution in [3.63, 3.8) is 0 Å². The van der Waals surface area contributed by atoms with Crippen LogP contribution >= 0.6 is 11.6 Å². The minimum absolute atomic E-state index is 0.119. The summed E-state index contributed by atoms with van der Waals surface area (Å²) < 4.78 is 0. The Hall–Kier alpha value is -1.07. The highest BCUT2D eigenvalue weighted by atomic mass is 35.5. The fourth-order valence-electron chi connectivity index (χ4n) is 2.07. The van der Waals surface area contributed by atoms with Crippen LogP contribution in [-0.4, -0.2) is 33.8 Å². The Balaban J connectivity index is 2.23. The Kier molecular flexibility index (Phi) is 3.40. The second-order valence-electron chi connectivity index (χ2n) is 4.71. The van der Waals surface area contributed by atoms with Crippen molar-refractivity contribution in [2.45, 2.75) is 31.8 Å². The maximum atomic E-state index is 11.4. The van der Waals surface area contributed by atoms with Gasteiger partial charge in [-0.3, -0.25) is 4.79 Å². The third-order valence-electron chi connectivity index (χ3n) is 3.14. The summed E-state index contributed by atoms with van der Waals surface area (Å²) in [5, 5.41) is 10.1. The van der Waals surface area contributed by atoms with Crippen molar-refractivity contribution in [2.24, 2.45) is 0 Å². The van der Waals surface area contributed by atoms with Crippen LogP contribution in [0, 0.1) is 0 Å². The summed E-state index contributed by atoms with van der Waals surface area (Å²) in [5.74, 6) is 0.508. The third kappa shape index (κ3) is 2.79. The van der Waals surface area contributed by atoms with Crippen LogP contribution < -0.4 is 10.5 Å². The van der Waals surface area contributed by atoms with Gasteiger partial charge in [0.25, 0.3) is 5.56 Å². The van der Waals surface area contributed by atoms with Gasteiger partial charge in [0.05, 0.1) is 11.9 Å². The summed E-state index contributed by atoms with van der Waals surface area (Å²) in [4.78, 5) is 19.9. The van der Waals surface area contributed by atoms with Gasteiger partial charge in [0.2, 0.25) is 0 Å². The van der Waals surface area contributed by atoms with Crippen LogP contribution in [0.25, 0.3) is 0 Å². The smallest absolute Gasteiger partial charge is 0.271 e. The van der Waals surface area contributed by atoms with Crippen molar-refractivity contribution in [1.29, 1.82) is 0 Å². The highest BCUT2D eigenvalue weighted by Crippen LogP contribution is 2.26. The number of nitrogens with zero attached hydrogens (tertiary/aromatic N) is 2. The lowest BCUT2D eigenvalue weighted by Crippen LogP contribution is -2.30. The molecular weight excluding hydrogens is 242 g/mol. The van der Waals surface area contributed by atoms with Crippen LogP contribution in [0.1, 0.15) is 26.2 Å². The lowest BCUT2D eigenvalue weighted by molar-refractivity contribution is 0.0481. The lowest BCUT2D eigenvalue weighted by Gasteiger charge is -2.23. The molecule has 0 amide bonds. The van der Waals surface area contributed by atoms with E-state index in [9.17, 15) is 9.90 Å². The van der Waals surface area contributed by atoms with Gasteiger partial charge in [-0.25, -0.2) is 4.98 Å². The predicted octanol–water partition coefficient (Wildman–Crippen LogP) is 1.16. The van der Waals surface area contributed by atoms with Crippen molar-refractivity contribution in [2.75, 3.05) is 18.0 Å². The Bertz CT molecular complexity index is 458. The number of hydrogen-bond donors (Lipinski definition) is 2. The standard InChI is InChI=1S/C11H16ClN3O2/c1-11(17)3-2-5-15(6-4-11)9-8(12)10(16)14-7-13-9/h7,17H,2-6H2,1H3,(H,13,14,16). The molecule has 1 fully saturated rings. The van der Waals surface area contributed by atoms with Crippen molar-refractivity contribution < 1.29 is 5.11 Å². The summed E-state index contributed by atoms with van der Waals surface area (Å²) in [5.41, 5.74) is -0.963. The van der Waals surface area contributed by atoms with Gasteiger partial charge in [-0.1, -0.05) is 11.6 Å². The molecule has 2 heterocycles. The highest BCUT2D eigenvalue weighted by Gasteiger charge is 2.26. The molecule has 94 valence electrons. The number of aliphatic hydroxyl groups is 1. The molecule has 17 heavy (non-hydrogen) atoms. The molecule has 0 saturated carbocycles. The summed E-state index contributed by atoms with van der Waals surface area (Å²) in [7, 11) is 0. The van der Waals surface area contributed by atoms with Crippen molar-refractivity contribution in [1.82, 2.24) is 9.97 Å². The van der Waals surface area contributed by atoms with E-state index < -0.39 is 5.60 Å². The zero-order valence-electron chi connectivity index (χ0n) is 9.74. The number of anilines is 1. The maximum Gasteiger partial charge on any atom is 0.271 e. The Morgan fingerprint density at radius 3 is 3.06 bits per heavy atom. The second-order valence-corrected chi connectivity index (χ2v) is 5.08. The molecule has 6 heteroatoms. The highest BCUT2D eigenvalue weighted by molar-refractivity contribution is 6.32. The molecule has 2 rings (SSSR count). The van der Waals surface area contributed by atoms with Crippen molar-refractivity contribution >= 4 is 17.4 Å². The van der Waals surface area contributed by atoms with Crippen molar-refractivity contribution in [3.05, 3.63) is 21.7 Å². The van der Waals surface area contributed by atoms with Crippen LogP contribution in [0.15, 0.2) is 11.1 Å². The van der Waals surface area contributed by atoms with E-state index >= 15 is 0 Å². The van der Waals surface area contributed by atoms with E-state index in [-0.39, 0.29) is 10.6 Å². The third-order valence-corrected chi connectivity index (χ3v) is 3.48. The zero-order valence-corrected chi connectivity index (χ0v) is 10.5. The minimum atomic E-state index is -0.636. The quantitative estimate of drug-likeness (QED) is 0.792. The fraction of sp³-hybridized carbons (Fsp3) is 0.636. The maximum absolute atomic E-state index is 11.4. The van der Waals surface area contributed by atoms with Crippen LogP contribution in [-0.2, 0) is 0 Å². The van der Waals surface area contributed by atoms with Crippen LogP contribution in [0.2, 0.25) is 5.02 Å². The minimum Gasteiger partial charge on any atom is -0.390 e. The van der Waals surface area contributed by atoms with Gasteiger partial charge in [0, 0.05) is 13.1 Å². The average Bonchev–Trinajstić information content (AvgIpc) is 2.44. The van der Waals surface area contributed by atoms with Gasteiger partial charge >= 0.3 is 0 Å². The topological polar surface area (TPSA) is 69.2 Å². The second kappa shape index (κ2) is 4.66. The molecule has 0 radical (unpaired) electrons. The van der Waals surface area contributed by atoms with Crippen LogP contribution in [0.3, 0.4) is 0 Å². The molecule has 1 unspecified atom stereocenters. The van der Waals surface area contributed by atoms with Crippen LogP contribution in [0.5, 0.6) is 0 Å². The van der Waals surface area contributed by atoms with E-state index in [1.807, 2.05) is 11.8 Å². The molecular formula is C11H16ClN3O2. The Labute approximate surface area is 104 Å². The first-order chi connectivity index (χ1) is 7.99. The molecule has 1 atom stereocenters. The van der Waals surface area contributed by atoms with Gasteiger partial charge in [0.15, 0.2) is 5.82 Å². The largest absolute Gasteiger partial charge is 0.390 e. The molecule has 0 bridgehead atoms. The summed E-state index contributed by atoms with van der Waals surface area (Å²) in [6.07, 6.45) is 3.62. The molecule has 1 aliphatic heterocycles. The Morgan fingerprint density at radius 2 is 2.29 bits per heavy atom. The lowest BCUT2D eigenvalue weighted by atomic mass is 9.98. The molecule has 1 aromatic rings. The fourth-order valence-corrected chi connectivity index (χ4v) is 2.29. The van der Waals surface area contributed by atoms with Gasteiger partial charge in [-0.2, -0.15) is 0 Å². The molecule has 0 aromatic carbocycles. The molecule has 1 aromatic heterocycles. The number of nitrogens with one attached hydrogen (secondary N) is 1. The van der Waals surface area contributed by atoms with E-state index in [2.05, 4.69) is 9.97 Å². The number of aromatic nitrogens is 2. The number of rotatable bonds is 1. The summed E-state index contributed by atoms with van der Waals surface area (Å²) in [6.45, 7) is 3.25. The van der Waals surface area contributed by atoms with E-state index in [4.69, 9.17) is 11.6 Å². The molecule has 2 N–H and O–H groups in total. The molecule has 1 aliphatic rings. The summed E-state index contributed by atoms with van der Waals surface area (Å²) in [6, 6.07) is 0. The van der Waals surface area contributed by atoms with Gasteiger partial charge in [0.1, 0.15) is 5.02 Å². The zero-order chi connectivity index (χ0) is 12.5. The van der Waals surface area contributed by atoms with E-state index in [1.54, 1.807) is 0 Å². The summed E-state index contributed by atoms with van der Waals surface area (Å²) >= 11 is 5.94. The number of aromatic amines is 1. The van der Waals surface area contributed by atoms with Gasteiger partial charge < -0.3 is 15.0 Å². The number of halogens is 1. The first-order valence-electron chi connectivity index (χ1n) is 5.70. The van der Waals surface area contributed by atoms with Gasteiger partial charge in [-0.15, -0.1) is 0 Å². The first-order valence-corrected chi connectivity index (χ1v) is 6.08. The molecule has 0 aliphatic carbocycles. The predicted molar refractivity (Wildman–Crippen MR) is 66.6 cm³/mol. The van der Waals surface area contributed by atoms with Crippen molar-refractivity contribution in [3.8, 4) is 0 Å². The SMILES string of the molecule is CC1(O)CCCN(c2nc[nH]c(=O)c2Cl)CC1. The first kappa shape index (κ1) is 12.4. The molecule has 1 saturated heterocycles. The van der Waals surface area contributed by atoms with E-state index in [0.717, 1.165) is 19.4 Å². The number of H-pyrrole nitrogens is 1. The number of hydrogen-bond acceptors (Lipinski definition) is 4. The van der Waals surface area contributed by atoms with Gasteiger partial charge in [-0.05, 0) is 26.2 Å². The normalized spacial score (nSPS) is 25.7.